The molecule has 0 saturated heterocycles. The molecule has 0 unspecified atom stereocenters. The molecule has 0 aliphatic carbocycles. The van der Waals surface area contributed by atoms with Crippen molar-refractivity contribution in [1.82, 2.24) is 0 Å². The Morgan fingerprint density at radius 3 is 1.38 bits per heavy atom. The first kappa shape index (κ1) is 23.1. The highest BCUT2D eigenvalue weighted by atomic mass is 35.5. The van der Waals surface area contributed by atoms with Gasteiger partial charge < -0.3 is 37.1 Å². The molecule has 0 spiro atoms. The molecule has 0 rings (SSSR count). The summed E-state index contributed by atoms with van der Waals surface area (Å²) in [5.41, 5.74) is 0. The largest absolute Gasteiger partial charge is 1.00 e. The molecule has 3 N–H and O–H groups in total. The summed E-state index contributed by atoms with van der Waals surface area (Å²) < 4.78 is 8.66. The van der Waals surface area contributed by atoms with E-state index < -0.39 is 7.82 Å². The van der Waals surface area contributed by atoms with Gasteiger partial charge in [-0.1, -0.05) is 0 Å². The minimum atomic E-state index is -5.14. The molecule has 51 valence electrons. The highest BCUT2D eigenvalue weighted by molar-refractivity contribution is 7.42. The number of phosphoric acid groups is 1. The maximum atomic E-state index is 8.66. The molecule has 0 fully saturated rings. The van der Waals surface area contributed by atoms with Crippen molar-refractivity contribution in [3.05, 3.63) is 0 Å². The minimum absolute atomic E-state index is 0. The summed E-state index contributed by atoms with van der Waals surface area (Å²) in [7, 11) is -5.14. The fourth-order valence-electron chi connectivity index (χ4n) is 0. The lowest BCUT2D eigenvalue weighted by Gasteiger charge is -2.19. The highest BCUT2D eigenvalue weighted by Crippen LogP contribution is 2.11. The van der Waals surface area contributed by atoms with E-state index in [1.54, 1.807) is 0 Å². The van der Waals surface area contributed by atoms with Crippen LogP contribution in [0.1, 0.15) is 0 Å². The van der Waals surface area contributed by atoms with Crippen molar-refractivity contribution in [3.8, 4) is 0 Å². The lowest BCUT2D eigenvalue weighted by atomic mass is 15.8. The molecule has 0 aromatic heterocycles. The Morgan fingerprint density at radius 2 is 1.38 bits per heavy atom. The van der Waals surface area contributed by atoms with Crippen LogP contribution in [-0.2, 0) is 4.57 Å². The Morgan fingerprint density at radius 1 is 1.38 bits per heavy atom. The molecule has 0 heterocycles. The maximum Gasteiger partial charge on any atom is 0.0557 e. The van der Waals surface area contributed by atoms with Crippen molar-refractivity contribution in [2.45, 2.75) is 0 Å². The number of halogens is 1. The van der Waals surface area contributed by atoms with E-state index in [1.807, 2.05) is 0 Å². The Labute approximate surface area is 62.8 Å². The monoisotopic (exact) mass is 176 g/mol. The van der Waals surface area contributed by atoms with Crippen molar-refractivity contribution in [1.29, 1.82) is 0 Å². The van der Waals surface area contributed by atoms with Crippen LogP contribution in [0.15, 0.2) is 0 Å². The molecule has 5 nitrogen and oxygen atoms in total. The number of hydrogen-bond donors (Lipinski definition) is 1. The average Bonchev–Trinajstić information content (AvgIpc) is 0.722. The minimum Gasteiger partial charge on any atom is -1.00 e. The third kappa shape index (κ3) is 300. The third-order valence-corrected chi connectivity index (χ3v) is 0. The topological polar surface area (TPSA) is 115 Å². The standard InChI is InChI=1S/Al.ClH.H3O4P.H2O/c;;1-5(2,3)4;/h;1H;(H3,1,2,3,4);1H2/p-3. The lowest BCUT2D eigenvalue weighted by Crippen LogP contribution is -3.00. The second-order valence-electron chi connectivity index (χ2n) is 0.469. The molecule has 0 aromatic rings. The van der Waals surface area contributed by atoms with Gasteiger partial charge >= 0.3 is 0 Å². The third-order valence-electron chi connectivity index (χ3n) is 0. The summed E-state index contributed by atoms with van der Waals surface area (Å²) in [6, 6.07) is 0. The summed E-state index contributed by atoms with van der Waals surface area (Å²) in [5.74, 6) is 0. The second kappa shape index (κ2) is 7.89. The van der Waals surface area contributed by atoms with Gasteiger partial charge in [-0.2, -0.15) is 0 Å². The van der Waals surface area contributed by atoms with Crippen LogP contribution >= 0.6 is 7.82 Å². The van der Waals surface area contributed by atoms with E-state index >= 15 is 0 Å². The van der Waals surface area contributed by atoms with Gasteiger partial charge in [-0.3, -0.25) is 0 Å². The van der Waals surface area contributed by atoms with Crippen LogP contribution in [0.4, 0.5) is 0 Å². The zero-order chi connectivity index (χ0) is 4.50. The van der Waals surface area contributed by atoms with Gasteiger partial charge in [0.1, 0.15) is 0 Å². The van der Waals surface area contributed by atoms with Gasteiger partial charge in [-0.15, -0.1) is 0 Å². The molecule has 8 heavy (non-hydrogen) atoms. The van der Waals surface area contributed by atoms with Crippen molar-refractivity contribution < 1.29 is 37.1 Å². The highest BCUT2D eigenvalue weighted by Gasteiger charge is 1.64. The lowest BCUT2D eigenvalue weighted by molar-refractivity contribution is -0.337. The molecule has 0 aromatic carbocycles. The first-order chi connectivity index (χ1) is 2.00. The van der Waals surface area contributed by atoms with Crippen LogP contribution in [0.3, 0.4) is 0 Å². The average molecular weight is 176 g/mol. The maximum absolute atomic E-state index is 8.66. The van der Waals surface area contributed by atoms with E-state index in [0.717, 1.165) is 0 Å². The van der Waals surface area contributed by atoms with Crippen LogP contribution in [0.25, 0.3) is 0 Å². The molecular weight excluding hydrogens is 173 g/mol. The van der Waals surface area contributed by atoms with E-state index in [-0.39, 0.29) is 35.2 Å². The van der Waals surface area contributed by atoms with Gasteiger partial charge in [-0.25, -0.2) is 0 Å². The molecule has 0 aliphatic heterocycles. The van der Waals surface area contributed by atoms with Crippen LogP contribution in [0.5, 0.6) is 0 Å². The van der Waals surface area contributed by atoms with Gasteiger partial charge in [-0.05, 0) is 0 Å². The molecular formula is H3AlClO5P-3. The van der Waals surface area contributed by atoms with Gasteiger partial charge in [0.2, 0.25) is 0 Å². The summed E-state index contributed by atoms with van der Waals surface area (Å²) in [6.45, 7) is 0. The van der Waals surface area contributed by atoms with Gasteiger partial charge in [0.25, 0.3) is 0 Å². The zero-order valence-electron chi connectivity index (χ0n) is 3.57. The Balaban J connectivity index is -0.0000000267. The quantitative estimate of drug-likeness (QED) is 0.292. The molecule has 8 heteroatoms. The van der Waals surface area contributed by atoms with Crippen LogP contribution < -0.4 is 22.2 Å². The van der Waals surface area contributed by atoms with Crippen LogP contribution in [-0.4, -0.2) is 27.7 Å². The summed E-state index contributed by atoms with van der Waals surface area (Å²) in [6.07, 6.45) is 0. The smallest absolute Gasteiger partial charge is 0.0557 e. The molecule has 0 bridgehead atoms. The molecule has 3 radical (unpaired) electrons. The van der Waals surface area contributed by atoms with Crippen molar-refractivity contribution in [3.63, 3.8) is 0 Å². The Bertz CT molecular complexity index is 58.6. The Kier molecular flexibility index (Phi) is 22.8. The molecule has 0 saturated carbocycles. The number of rotatable bonds is 0. The van der Waals surface area contributed by atoms with E-state index in [1.165, 1.54) is 0 Å². The fraction of sp³-hybridized carbons (Fsp3) is 0. The predicted octanol–water partition coefficient (Wildman–Crippen LogP) is -6.39. The SMILES string of the molecule is O.O=P([O-])([O-])O.[Al].[Cl-]. The summed E-state index contributed by atoms with van der Waals surface area (Å²) in [4.78, 5) is 24.3. The van der Waals surface area contributed by atoms with E-state index in [4.69, 9.17) is 19.2 Å². The summed E-state index contributed by atoms with van der Waals surface area (Å²) in [5, 5.41) is 0. The van der Waals surface area contributed by atoms with Gasteiger partial charge in [0.15, 0.2) is 0 Å². The molecule has 0 amide bonds. The zero-order valence-corrected chi connectivity index (χ0v) is 6.38. The van der Waals surface area contributed by atoms with Gasteiger partial charge in [0.05, 0.1) is 7.82 Å². The second-order valence-corrected chi connectivity index (χ2v) is 1.41. The first-order valence-corrected chi connectivity index (χ1v) is 2.24. The van der Waals surface area contributed by atoms with Crippen molar-refractivity contribution >= 4 is 25.2 Å². The normalized spacial score (nSPS) is 7.38. The number of hydrogen-bond acceptors (Lipinski definition) is 3. The fourth-order valence-corrected chi connectivity index (χ4v) is 0. The van der Waals surface area contributed by atoms with E-state index in [2.05, 4.69) is 0 Å². The Hall–Kier alpha value is 0.892. The van der Waals surface area contributed by atoms with E-state index in [9.17, 15) is 0 Å². The van der Waals surface area contributed by atoms with Crippen LogP contribution in [0, 0.1) is 0 Å². The molecule has 0 aliphatic rings. The van der Waals surface area contributed by atoms with Gasteiger partial charge in [0, 0.05) is 17.4 Å². The summed E-state index contributed by atoms with van der Waals surface area (Å²) >= 11 is 0. The van der Waals surface area contributed by atoms with Crippen molar-refractivity contribution in [2.75, 3.05) is 0 Å². The van der Waals surface area contributed by atoms with E-state index in [0.29, 0.717) is 0 Å². The van der Waals surface area contributed by atoms with Crippen molar-refractivity contribution in [2.24, 2.45) is 0 Å². The van der Waals surface area contributed by atoms with Crippen LogP contribution in [0.2, 0.25) is 0 Å². The first-order valence-electron chi connectivity index (χ1n) is 0.748. The predicted molar refractivity (Wildman–Crippen MR) is 19.2 cm³/mol. The molecule has 0 atom stereocenters.